The van der Waals surface area contributed by atoms with Gasteiger partial charge in [-0.2, -0.15) is 0 Å². The molecular formula is C19H30N2. The van der Waals surface area contributed by atoms with Gasteiger partial charge in [0.25, 0.3) is 0 Å². The smallest absolute Gasteiger partial charge is 0.0388 e. The van der Waals surface area contributed by atoms with E-state index in [0.29, 0.717) is 6.04 Å². The van der Waals surface area contributed by atoms with Crippen molar-refractivity contribution in [1.82, 2.24) is 4.90 Å². The fourth-order valence-corrected chi connectivity index (χ4v) is 3.92. The summed E-state index contributed by atoms with van der Waals surface area (Å²) in [6, 6.07) is 9.63. The first-order valence-corrected chi connectivity index (χ1v) is 8.92. The van der Waals surface area contributed by atoms with Gasteiger partial charge >= 0.3 is 0 Å². The Labute approximate surface area is 129 Å². The van der Waals surface area contributed by atoms with Gasteiger partial charge < -0.3 is 5.32 Å². The van der Waals surface area contributed by atoms with E-state index in [4.69, 9.17) is 0 Å². The van der Waals surface area contributed by atoms with Crippen molar-refractivity contribution < 1.29 is 0 Å². The number of nitrogens with zero attached hydrogens (tertiary/aromatic N) is 1. The van der Waals surface area contributed by atoms with Crippen LogP contribution >= 0.6 is 0 Å². The minimum absolute atomic E-state index is 0.688. The van der Waals surface area contributed by atoms with E-state index in [0.717, 1.165) is 12.5 Å². The second-order valence-corrected chi connectivity index (χ2v) is 6.91. The summed E-state index contributed by atoms with van der Waals surface area (Å²) in [5.74, 6) is 0.975. The summed E-state index contributed by atoms with van der Waals surface area (Å²) < 4.78 is 0. The van der Waals surface area contributed by atoms with Crippen molar-refractivity contribution >= 4 is 5.69 Å². The predicted molar refractivity (Wildman–Crippen MR) is 90.6 cm³/mol. The lowest BCUT2D eigenvalue weighted by molar-refractivity contribution is 0.326. The summed E-state index contributed by atoms with van der Waals surface area (Å²) >= 11 is 0. The lowest BCUT2D eigenvalue weighted by Crippen LogP contribution is -2.27. The first kappa shape index (κ1) is 14.9. The van der Waals surface area contributed by atoms with E-state index in [1.54, 1.807) is 0 Å². The zero-order valence-corrected chi connectivity index (χ0v) is 13.5. The third-order valence-corrected chi connectivity index (χ3v) is 5.39. The number of benzene rings is 1. The fraction of sp³-hybridized carbons (Fsp3) is 0.684. The van der Waals surface area contributed by atoms with Gasteiger partial charge in [-0.15, -0.1) is 0 Å². The maximum Gasteiger partial charge on any atom is 0.0388 e. The van der Waals surface area contributed by atoms with Crippen molar-refractivity contribution in [2.24, 2.45) is 5.92 Å². The first-order chi connectivity index (χ1) is 10.3. The molecule has 1 aliphatic carbocycles. The molecule has 21 heavy (non-hydrogen) atoms. The number of likely N-dealkylation sites (tertiary alicyclic amines) is 1. The molecule has 1 aromatic carbocycles. The molecule has 0 spiro atoms. The molecule has 1 aliphatic heterocycles. The van der Waals surface area contributed by atoms with Crippen LogP contribution in [0.3, 0.4) is 0 Å². The average Bonchev–Trinajstić information content (AvgIpc) is 3.03. The molecule has 1 heterocycles. The maximum atomic E-state index is 3.84. The average molecular weight is 286 g/mol. The Hall–Kier alpha value is -1.02. The lowest BCUT2D eigenvalue weighted by Gasteiger charge is -2.30. The molecule has 116 valence electrons. The van der Waals surface area contributed by atoms with E-state index in [2.05, 4.69) is 41.4 Å². The molecular weight excluding hydrogens is 256 g/mol. The second-order valence-electron chi connectivity index (χ2n) is 6.91. The SMILES string of the molecule is CCC1CCC(Nc2ccccc2CN2CCCC2)CC1. The minimum Gasteiger partial charge on any atom is -0.382 e. The summed E-state index contributed by atoms with van der Waals surface area (Å²) in [6.07, 6.45) is 9.60. The van der Waals surface area contributed by atoms with E-state index in [-0.39, 0.29) is 0 Å². The minimum atomic E-state index is 0.688. The van der Waals surface area contributed by atoms with Crippen LogP contribution in [0.15, 0.2) is 24.3 Å². The Balaban J connectivity index is 1.59. The van der Waals surface area contributed by atoms with Gasteiger partial charge in [-0.25, -0.2) is 0 Å². The Morgan fingerprint density at radius 2 is 1.76 bits per heavy atom. The van der Waals surface area contributed by atoms with Crippen LogP contribution in [0.25, 0.3) is 0 Å². The maximum absolute atomic E-state index is 3.84. The number of para-hydroxylation sites is 1. The summed E-state index contributed by atoms with van der Waals surface area (Å²) in [5.41, 5.74) is 2.86. The summed E-state index contributed by atoms with van der Waals surface area (Å²) in [4.78, 5) is 2.59. The summed E-state index contributed by atoms with van der Waals surface area (Å²) in [5, 5.41) is 3.84. The van der Waals surface area contributed by atoms with Crippen LogP contribution in [0.5, 0.6) is 0 Å². The van der Waals surface area contributed by atoms with Crippen molar-refractivity contribution in [3.8, 4) is 0 Å². The highest BCUT2D eigenvalue weighted by molar-refractivity contribution is 5.51. The highest BCUT2D eigenvalue weighted by Crippen LogP contribution is 2.29. The molecule has 1 saturated carbocycles. The highest BCUT2D eigenvalue weighted by Gasteiger charge is 2.21. The Morgan fingerprint density at radius 1 is 1.05 bits per heavy atom. The van der Waals surface area contributed by atoms with E-state index < -0.39 is 0 Å². The molecule has 1 N–H and O–H groups in total. The van der Waals surface area contributed by atoms with Crippen LogP contribution in [-0.2, 0) is 6.54 Å². The van der Waals surface area contributed by atoms with Gasteiger partial charge in [0.2, 0.25) is 0 Å². The standard InChI is InChI=1S/C19H30N2/c1-2-16-9-11-18(12-10-16)20-19-8-4-3-7-17(19)15-21-13-5-6-14-21/h3-4,7-8,16,18,20H,2,5-6,9-15H2,1H3. The van der Waals surface area contributed by atoms with Gasteiger partial charge in [-0.05, 0) is 69.2 Å². The summed E-state index contributed by atoms with van der Waals surface area (Å²) in [7, 11) is 0. The van der Waals surface area contributed by atoms with Gasteiger partial charge in [0.1, 0.15) is 0 Å². The molecule has 2 aliphatic rings. The zero-order valence-electron chi connectivity index (χ0n) is 13.5. The topological polar surface area (TPSA) is 15.3 Å². The zero-order chi connectivity index (χ0) is 14.5. The highest BCUT2D eigenvalue weighted by atomic mass is 15.1. The lowest BCUT2D eigenvalue weighted by atomic mass is 9.84. The van der Waals surface area contributed by atoms with E-state index in [1.165, 1.54) is 69.3 Å². The van der Waals surface area contributed by atoms with Gasteiger partial charge in [0, 0.05) is 18.3 Å². The van der Waals surface area contributed by atoms with Crippen molar-refractivity contribution in [1.29, 1.82) is 0 Å². The molecule has 1 saturated heterocycles. The Kier molecular flexibility index (Phi) is 5.18. The largest absolute Gasteiger partial charge is 0.382 e. The quantitative estimate of drug-likeness (QED) is 0.846. The normalized spacial score (nSPS) is 26.9. The van der Waals surface area contributed by atoms with Gasteiger partial charge in [0.05, 0.1) is 0 Å². The van der Waals surface area contributed by atoms with Crippen LogP contribution in [0.1, 0.15) is 57.4 Å². The van der Waals surface area contributed by atoms with Crippen LogP contribution < -0.4 is 5.32 Å². The van der Waals surface area contributed by atoms with Gasteiger partial charge in [-0.3, -0.25) is 4.90 Å². The van der Waals surface area contributed by atoms with Crippen LogP contribution in [0.2, 0.25) is 0 Å². The second kappa shape index (κ2) is 7.31. The van der Waals surface area contributed by atoms with E-state index >= 15 is 0 Å². The Bertz CT molecular complexity index is 429. The van der Waals surface area contributed by atoms with Gasteiger partial charge in [0.15, 0.2) is 0 Å². The third kappa shape index (κ3) is 4.00. The summed E-state index contributed by atoms with van der Waals surface area (Å²) in [6.45, 7) is 6.00. The number of anilines is 1. The number of rotatable bonds is 5. The first-order valence-electron chi connectivity index (χ1n) is 8.92. The molecule has 2 fully saturated rings. The monoisotopic (exact) mass is 286 g/mol. The van der Waals surface area contributed by atoms with Crippen molar-refractivity contribution in [2.75, 3.05) is 18.4 Å². The van der Waals surface area contributed by atoms with Crippen LogP contribution in [-0.4, -0.2) is 24.0 Å². The number of hydrogen-bond acceptors (Lipinski definition) is 2. The fourth-order valence-electron chi connectivity index (χ4n) is 3.92. The van der Waals surface area contributed by atoms with Crippen molar-refractivity contribution in [3.63, 3.8) is 0 Å². The third-order valence-electron chi connectivity index (χ3n) is 5.39. The number of nitrogens with one attached hydrogen (secondary N) is 1. The molecule has 0 radical (unpaired) electrons. The van der Waals surface area contributed by atoms with Crippen LogP contribution in [0, 0.1) is 5.92 Å². The van der Waals surface area contributed by atoms with E-state index in [9.17, 15) is 0 Å². The van der Waals surface area contributed by atoms with Crippen molar-refractivity contribution in [3.05, 3.63) is 29.8 Å². The molecule has 0 atom stereocenters. The molecule has 0 unspecified atom stereocenters. The molecule has 3 rings (SSSR count). The number of hydrogen-bond donors (Lipinski definition) is 1. The van der Waals surface area contributed by atoms with Crippen LogP contribution in [0.4, 0.5) is 5.69 Å². The molecule has 2 nitrogen and oxygen atoms in total. The molecule has 0 aromatic heterocycles. The molecule has 2 heteroatoms. The van der Waals surface area contributed by atoms with Crippen molar-refractivity contribution in [2.45, 2.75) is 64.5 Å². The molecule has 1 aromatic rings. The van der Waals surface area contributed by atoms with E-state index in [1.807, 2.05) is 0 Å². The molecule has 0 bridgehead atoms. The Morgan fingerprint density at radius 3 is 2.48 bits per heavy atom. The molecule has 0 amide bonds. The van der Waals surface area contributed by atoms with Gasteiger partial charge in [-0.1, -0.05) is 31.5 Å². The predicted octanol–water partition coefficient (Wildman–Crippen LogP) is 4.66.